The number of imidazole rings is 2. The average molecular weight is 877 g/mol. The van der Waals surface area contributed by atoms with Crippen molar-refractivity contribution in [3.63, 3.8) is 0 Å². The molecule has 64 heavy (non-hydrogen) atoms. The number of hydrogen-bond donors (Lipinski definition) is 4. The summed E-state index contributed by atoms with van der Waals surface area (Å²) in [6.07, 6.45) is 2.80. The van der Waals surface area contributed by atoms with Crippen LogP contribution in [-0.2, 0) is 24.5 Å². The van der Waals surface area contributed by atoms with Crippen molar-refractivity contribution in [3.8, 4) is 33.5 Å². The number of nitrogens with zero attached hydrogens (tertiary/aromatic N) is 4. The molecule has 2 aliphatic heterocycles. The first-order chi connectivity index (χ1) is 30.6. The first-order valence-corrected chi connectivity index (χ1v) is 22.1. The second kappa shape index (κ2) is 16.3. The molecule has 9 rings (SSSR count). The number of hydrogen-bond acceptors (Lipinski definition) is 8. The zero-order valence-corrected chi connectivity index (χ0v) is 36.9. The fourth-order valence-electron chi connectivity index (χ4n) is 10.5. The van der Waals surface area contributed by atoms with E-state index >= 15 is 8.78 Å². The highest BCUT2D eigenvalue weighted by Crippen LogP contribution is 2.64. The molecule has 336 valence electrons. The molecule has 4 atom stereocenters. The predicted molar refractivity (Wildman–Crippen MR) is 235 cm³/mol. The summed E-state index contributed by atoms with van der Waals surface area (Å²) in [6, 6.07) is 16.0. The van der Waals surface area contributed by atoms with Gasteiger partial charge < -0.3 is 39.9 Å². The van der Waals surface area contributed by atoms with E-state index in [0.717, 1.165) is 74.9 Å². The van der Waals surface area contributed by atoms with E-state index in [4.69, 9.17) is 19.4 Å². The largest absolute Gasteiger partial charge is 0.453 e. The molecule has 3 fully saturated rings. The number of alkyl halides is 2. The number of aromatic amines is 2. The van der Waals surface area contributed by atoms with Crippen molar-refractivity contribution >= 4 is 35.0 Å². The predicted octanol–water partition coefficient (Wildman–Crippen LogP) is 8.40. The smallest absolute Gasteiger partial charge is 0.407 e. The maximum atomic E-state index is 15.1. The Morgan fingerprint density at radius 2 is 1.23 bits per heavy atom. The number of halogens is 2. The van der Waals surface area contributed by atoms with Crippen LogP contribution in [-0.4, -0.2) is 99.1 Å². The number of carbonyl (C=O) groups excluding carboxylic acids is 4. The maximum absolute atomic E-state index is 15.1. The molecule has 0 radical (unpaired) electrons. The van der Waals surface area contributed by atoms with E-state index in [1.165, 1.54) is 14.2 Å². The standard InChI is InChI=1S/C48H54F2N8O6/c1-25(2)39(55-45(61)63-5)43(59)57-17-7-9-37(57)41-51-22-36(54-41)29-12-15-31-30-14-11-27(19-32(30)47(33(31)20-29)23-48(49,50)24-47)28-13-16-34-35(21-28)53-42(52-34)38-10-8-18-58(38)44(60)40(26(3)4)56-46(62)64-6/h11-16,19-22,25-26,37-40H,7-10,17-18,23-24H2,1-6H3,(H,51,54)(H,52,53)(H,55,61)(H,56,62)/t37-,38-,39-,40-/m0/s1. The van der Waals surface area contributed by atoms with Gasteiger partial charge in [-0.05, 0) is 101 Å². The van der Waals surface area contributed by atoms with Gasteiger partial charge >= 0.3 is 12.2 Å². The quantitative estimate of drug-likeness (QED) is 0.108. The van der Waals surface area contributed by atoms with E-state index in [9.17, 15) is 19.2 Å². The van der Waals surface area contributed by atoms with Gasteiger partial charge in [-0.1, -0.05) is 58.0 Å². The van der Waals surface area contributed by atoms with Crippen molar-refractivity contribution in [3.05, 3.63) is 83.6 Å². The third kappa shape index (κ3) is 7.43. The molecular weight excluding hydrogens is 823 g/mol. The summed E-state index contributed by atoms with van der Waals surface area (Å²) in [7, 11) is 2.54. The highest BCUT2D eigenvalue weighted by Gasteiger charge is 2.61. The Kier molecular flexibility index (Phi) is 11.0. The number of alkyl carbamates (subject to hydrolysis) is 2. The molecule has 4 N–H and O–H groups in total. The number of benzene rings is 3. The van der Waals surface area contributed by atoms with Crippen LogP contribution < -0.4 is 10.6 Å². The van der Waals surface area contributed by atoms with Crippen LogP contribution in [0.15, 0.2) is 60.8 Å². The highest BCUT2D eigenvalue weighted by atomic mass is 19.3. The lowest BCUT2D eigenvalue weighted by Crippen LogP contribution is -2.51. The van der Waals surface area contributed by atoms with Crippen molar-refractivity contribution < 1.29 is 37.4 Å². The van der Waals surface area contributed by atoms with Gasteiger partial charge in [-0.25, -0.2) is 28.3 Å². The van der Waals surface area contributed by atoms with Gasteiger partial charge in [-0.2, -0.15) is 0 Å². The molecule has 5 aromatic rings. The Bertz CT molecular complexity index is 2650. The first kappa shape index (κ1) is 43.0. The minimum absolute atomic E-state index is 0.153. The molecule has 4 aliphatic rings. The van der Waals surface area contributed by atoms with E-state index < -0.39 is 35.6 Å². The minimum atomic E-state index is -2.81. The summed E-state index contributed by atoms with van der Waals surface area (Å²) >= 11 is 0. The van der Waals surface area contributed by atoms with E-state index in [1.807, 2.05) is 76.2 Å². The van der Waals surface area contributed by atoms with Crippen LogP contribution in [0.1, 0.15) is 101 Å². The normalized spacial score (nSPS) is 20.3. The molecule has 2 aliphatic carbocycles. The Labute approximate surface area is 369 Å². The lowest BCUT2D eigenvalue weighted by molar-refractivity contribution is -0.136. The molecule has 4 amide bonds. The summed E-state index contributed by atoms with van der Waals surface area (Å²) in [6.45, 7) is 8.57. The fourth-order valence-corrected chi connectivity index (χ4v) is 10.5. The summed E-state index contributed by atoms with van der Waals surface area (Å²) in [4.78, 5) is 71.7. The van der Waals surface area contributed by atoms with Crippen molar-refractivity contribution in [2.75, 3.05) is 27.3 Å². The number of ether oxygens (including phenoxy) is 2. The minimum Gasteiger partial charge on any atom is -0.453 e. The van der Waals surface area contributed by atoms with Crippen LogP contribution in [0.25, 0.3) is 44.5 Å². The number of nitrogens with one attached hydrogen (secondary N) is 4. The van der Waals surface area contributed by atoms with Crippen molar-refractivity contribution in [1.82, 2.24) is 40.4 Å². The molecule has 2 aromatic heterocycles. The number of rotatable bonds is 10. The van der Waals surface area contributed by atoms with Crippen LogP contribution in [0.4, 0.5) is 18.4 Å². The molecule has 0 bridgehead atoms. The van der Waals surface area contributed by atoms with Crippen molar-refractivity contribution in [2.45, 2.75) is 102 Å². The summed E-state index contributed by atoms with van der Waals surface area (Å²) < 4.78 is 39.8. The Morgan fingerprint density at radius 3 is 1.78 bits per heavy atom. The molecule has 3 aromatic carbocycles. The molecule has 2 saturated heterocycles. The number of carbonyl (C=O) groups is 4. The Morgan fingerprint density at radius 1 is 0.719 bits per heavy atom. The first-order valence-electron chi connectivity index (χ1n) is 22.1. The van der Waals surface area contributed by atoms with Crippen LogP contribution in [0.3, 0.4) is 0 Å². The van der Waals surface area contributed by atoms with Crippen LogP contribution >= 0.6 is 0 Å². The fraction of sp³-hybridized carbons (Fsp3) is 0.458. The van der Waals surface area contributed by atoms with Gasteiger partial charge in [-0.3, -0.25) is 9.59 Å². The topological polar surface area (TPSA) is 175 Å². The average Bonchev–Trinajstić information content (AvgIpc) is 4.13. The molecule has 16 heteroatoms. The molecule has 0 unspecified atom stereocenters. The summed E-state index contributed by atoms with van der Waals surface area (Å²) in [5.41, 5.74) is 7.57. The van der Waals surface area contributed by atoms with Crippen molar-refractivity contribution in [1.29, 1.82) is 0 Å². The molecule has 1 saturated carbocycles. The number of methoxy groups -OCH3 is 2. The van der Waals surface area contributed by atoms with Crippen LogP contribution in [0.2, 0.25) is 0 Å². The summed E-state index contributed by atoms with van der Waals surface area (Å²) in [5.74, 6) is -2.22. The van der Waals surface area contributed by atoms with Gasteiger partial charge in [0, 0.05) is 31.3 Å². The van der Waals surface area contributed by atoms with E-state index in [2.05, 4.69) is 26.7 Å². The molecular formula is C48H54F2N8O6. The lowest BCUT2D eigenvalue weighted by atomic mass is 9.60. The zero-order chi connectivity index (χ0) is 45.2. The van der Waals surface area contributed by atoms with Gasteiger partial charge in [0.1, 0.15) is 23.7 Å². The van der Waals surface area contributed by atoms with E-state index in [-0.39, 0.29) is 48.6 Å². The highest BCUT2D eigenvalue weighted by molar-refractivity contribution is 5.90. The summed E-state index contributed by atoms with van der Waals surface area (Å²) in [5, 5.41) is 5.38. The monoisotopic (exact) mass is 876 g/mol. The molecule has 4 heterocycles. The third-order valence-electron chi connectivity index (χ3n) is 13.7. The van der Waals surface area contributed by atoms with Crippen LogP contribution in [0.5, 0.6) is 0 Å². The third-order valence-corrected chi connectivity index (χ3v) is 13.7. The number of likely N-dealkylation sites (tertiary alicyclic amines) is 2. The SMILES string of the molecule is COC(=O)N[C@H](C(=O)N1CCC[C@H]1c1ncc(-c2ccc3c(c2)C2(CC(F)(F)C2)c2cc(-c4ccc5nc([C@@H]6CCCN6C(=O)[C@@H](NC(=O)OC)C(C)C)[nH]c5c4)ccc2-3)[nH]1)C(C)C. The van der Waals surface area contributed by atoms with Gasteiger partial charge in [-0.15, -0.1) is 0 Å². The maximum Gasteiger partial charge on any atom is 0.407 e. The van der Waals surface area contributed by atoms with Crippen molar-refractivity contribution in [2.24, 2.45) is 11.8 Å². The Hall–Kier alpha value is -6.32. The lowest BCUT2D eigenvalue weighted by Gasteiger charge is -2.46. The molecule has 1 spiro atoms. The van der Waals surface area contributed by atoms with E-state index in [0.29, 0.717) is 31.2 Å². The van der Waals surface area contributed by atoms with Gasteiger partial charge in [0.05, 0.1) is 49.2 Å². The second-order valence-electron chi connectivity index (χ2n) is 18.4. The number of aromatic nitrogens is 4. The Balaban J connectivity index is 0.979. The number of H-pyrrole nitrogens is 2. The van der Waals surface area contributed by atoms with Gasteiger partial charge in [0.25, 0.3) is 5.92 Å². The van der Waals surface area contributed by atoms with Gasteiger partial charge in [0.15, 0.2) is 0 Å². The zero-order valence-electron chi connectivity index (χ0n) is 36.9. The molecule has 14 nitrogen and oxygen atoms in total. The van der Waals surface area contributed by atoms with E-state index in [1.54, 1.807) is 16.0 Å². The number of amides is 4. The van der Waals surface area contributed by atoms with Crippen LogP contribution in [0, 0.1) is 11.8 Å². The van der Waals surface area contributed by atoms with Gasteiger partial charge in [0.2, 0.25) is 11.8 Å². The second-order valence-corrected chi connectivity index (χ2v) is 18.4. The number of fused-ring (bicyclic) bond motifs is 6.